The first-order valence-electron chi connectivity index (χ1n) is 8.41. The van der Waals surface area contributed by atoms with Crippen molar-refractivity contribution in [2.24, 2.45) is 0 Å². The van der Waals surface area contributed by atoms with Crippen LogP contribution in [0.3, 0.4) is 0 Å². The normalized spacial score (nSPS) is 15.3. The Kier molecular flexibility index (Phi) is 5.49. The van der Waals surface area contributed by atoms with Crippen LogP contribution in [0.2, 0.25) is 0 Å². The van der Waals surface area contributed by atoms with Crippen LogP contribution in [0.4, 0.5) is 0 Å². The molecule has 0 spiro atoms. The van der Waals surface area contributed by atoms with E-state index in [1.807, 2.05) is 35.2 Å². The Morgan fingerprint density at radius 2 is 1.58 bits per heavy atom. The van der Waals surface area contributed by atoms with Gasteiger partial charge in [0.05, 0.1) is 13.5 Å². The Morgan fingerprint density at radius 3 is 2.21 bits per heavy atom. The Hall–Kier alpha value is -2.33. The predicted molar refractivity (Wildman–Crippen MR) is 95.0 cm³/mol. The van der Waals surface area contributed by atoms with Crippen LogP contribution in [-0.2, 0) is 17.8 Å². The zero-order valence-electron chi connectivity index (χ0n) is 14.1. The summed E-state index contributed by atoms with van der Waals surface area (Å²) in [5.74, 6) is 1.03. The molecule has 126 valence electrons. The molecule has 0 aliphatic carbocycles. The largest absolute Gasteiger partial charge is 0.497 e. The smallest absolute Gasteiger partial charge is 0.227 e. The van der Waals surface area contributed by atoms with Crippen LogP contribution >= 0.6 is 0 Å². The average molecular weight is 324 g/mol. The van der Waals surface area contributed by atoms with Crippen LogP contribution in [0.5, 0.6) is 5.75 Å². The van der Waals surface area contributed by atoms with Crippen LogP contribution in [0.15, 0.2) is 54.6 Å². The van der Waals surface area contributed by atoms with Gasteiger partial charge in [-0.3, -0.25) is 9.69 Å². The topological polar surface area (TPSA) is 32.8 Å². The molecule has 4 heteroatoms. The van der Waals surface area contributed by atoms with Crippen LogP contribution in [0.25, 0.3) is 0 Å². The number of carbonyl (C=O) groups excluding carboxylic acids is 1. The van der Waals surface area contributed by atoms with Gasteiger partial charge in [-0.1, -0.05) is 42.5 Å². The molecule has 2 aromatic rings. The predicted octanol–water partition coefficient (Wildman–Crippen LogP) is 2.58. The van der Waals surface area contributed by atoms with E-state index >= 15 is 0 Å². The summed E-state index contributed by atoms with van der Waals surface area (Å²) < 4.78 is 5.15. The third-order valence-corrected chi connectivity index (χ3v) is 4.49. The molecule has 24 heavy (non-hydrogen) atoms. The monoisotopic (exact) mass is 324 g/mol. The van der Waals surface area contributed by atoms with Gasteiger partial charge in [-0.05, 0) is 23.3 Å². The second kappa shape index (κ2) is 7.97. The zero-order valence-corrected chi connectivity index (χ0v) is 14.1. The zero-order chi connectivity index (χ0) is 16.8. The molecular formula is C20H24N2O2. The Morgan fingerprint density at radius 1 is 0.917 bits per heavy atom. The third-order valence-electron chi connectivity index (χ3n) is 4.49. The molecule has 1 fully saturated rings. The van der Waals surface area contributed by atoms with Crippen LogP contribution in [-0.4, -0.2) is 49.0 Å². The van der Waals surface area contributed by atoms with Crippen molar-refractivity contribution >= 4 is 5.91 Å². The van der Waals surface area contributed by atoms with Gasteiger partial charge >= 0.3 is 0 Å². The molecule has 1 aliphatic heterocycles. The highest BCUT2D eigenvalue weighted by atomic mass is 16.5. The maximum absolute atomic E-state index is 12.5. The van der Waals surface area contributed by atoms with Crippen LogP contribution in [0, 0.1) is 0 Å². The maximum Gasteiger partial charge on any atom is 0.227 e. The first-order valence-corrected chi connectivity index (χ1v) is 8.41. The number of rotatable bonds is 5. The lowest BCUT2D eigenvalue weighted by Crippen LogP contribution is -2.48. The highest BCUT2D eigenvalue weighted by molar-refractivity contribution is 5.78. The van der Waals surface area contributed by atoms with Gasteiger partial charge in [0, 0.05) is 32.7 Å². The highest BCUT2D eigenvalue weighted by Gasteiger charge is 2.21. The summed E-state index contributed by atoms with van der Waals surface area (Å²) in [6, 6.07) is 18.2. The molecule has 4 nitrogen and oxygen atoms in total. The van der Waals surface area contributed by atoms with E-state index in [4.69, 9.17) is 4.74 Å². The van der Waals surface area contributed by atoms with Crippen molar-refractivity contribution in [3.8, 4) is 5.75 Å². The van der Waals surface area contributed by atoms with Crippen molar-refractivity contribution in [3.63, 3.8) is 0 Å². The van der Waals surface area contributed by atoms with Gasteiger partial charge in [0.1, 0.15) is 5.75 Å². The van der Waals surface area contributed by atoms with Crippen LogP contribution in [0.1, 0.15) is 11.1 Å². The molecule has 1 heterocycles. The van der Waals surface area contributed by atoms with Gasteiger partial charge < -0.3 is 9.64 Å². The number of nitrogens with zero attached hydrogens (tertiary/aromatic N) is 2. The summed E-state index contributed by atoms with van der Waals surface area (Å²) in [4.78, 5) is 16.9. The molecule has 0 unspecified atom stereocenters. The summed E-state index contributed by atoms with van der Waals surface area (Å²) in [5.41, 5.74) is 2.36. The number of piperazine rings is 1. The summed E-state index contributed by atoms with van der Waals surface area (Å²) in [6.07, 6.45) is 0.461. The van der Waals surface area contributed by atoms with Gasteiger partial charge in [0.25, 0.3) is 0 Å². The second-order valence-electron chi connectivity index (χ2n) is 6.17. The Bertz CT molecular complexity index is 647. The fraction of sp³-hybridized carbons (Fsp3) is 0.350. The fourth-order valence-electron chi connectivity index (χ4n) is 3.03. The molecule has 1 amide bonds. The lowest BCUT2D eigenvalue weighted by atomic mass is 10.1. The van der Waals surface area contributed by atoms with E-state index in [0.29, 0.717) is 6.42 Å². The van der Waals surface area contributed by atoms with Gasteiger partial charge in [-0.25, -0.2) is 0 Å². The molecule has 3 rings (SSSR count). The molecule has 0 N–H and O–H groups in total. The standard InChI is InChI=1S/C20H24N2O2/c1-24-19-9-7-17(8-10-19)15-20(23)22-13-11-21(12-14-22)16-18-5-3-2-4-6-18/h2-10H,11-16H2,1H3. The minimum Gasteiger partial charge on any atom is -0.497 e. The molecule has 1 aliphatic rings. The third kappa shape index (κ3) is 4.36. The molecule has 0 bridgehead atoms. The number of amides is 1. The highest BCUT2D eigenvalue weighted by Crippen LogP contribution is 2.14. The van der Waals surface area contributed by atoms with Crippen molar-refractivity contribution < 1.29 is 9.53 Å². The lowest BCUT2D eigenvalue weighted by Gasteiger charge is -2.34. The Balaban J connectivity index is 1.47. The number of methoxy groups -OCH3 is 1. The average Bonchev–Trinajstić information content (AvgIpc) is 2.64. The fourth-order valence-corrected chi connectivity index (χ4v) is 3.03. The molecule has 0 radical (unpaired) electrons. The SMILES string of the molecule is COc1ccc(CC(=O)N2CCN(Cc3ccccc3)CC2)cc1. The lowest BCUT2D eigenvalue weighted by molar-refractivity contribution is -0.132. The van der Waals surface area contributed by atoms with Gasteiger partial charge in [-0.2, -0.15) is 0 Å². The number of hydrogen-bond donors (Lipinski definition) is 0. The molecule has 0 saturated carbocycles. The summed E-state index contributed by atoms with van der Waals surface area (Å²) >= 11 is 0. The van der Waals surface area contributed by atoms with E-state index in [1.165, 1.54) is 5.56 Å². The van der Waals surface area contributed by atoms with Crippen molar-refractivity contribution in [3.05, 3.63) is 65.7 Å². The molecular weight excluding hydrogens is 300 g/mol. The number of benzene rings is 2. The van der Waals surface area contributed by atoms with E-state index in [9.17, 15) is 4.79 Å². The maximum atomic E-state index is 12.5. The summed E-state index contributed by atoms with van der Waals surface area (Å²) in [7, 11) is 1.65. The van der Waals surface area contributed by atoms with Crippen molar-refractivity contribution in [1.29, 1.82) is 0 Å². The molecule has 0 atom stereocenters. The minimum atomic E-state index is 0.208. The van der Waals surface area contributed by atoms with E-state index < -0.39 is 0 Å². The molecule has 2 aromatic carbocycles. The number of carbonyl (C=O) groups is 1. The van der Waals surface area contributed by atoms with E-state index in [0.717, 1.165) is 44.0 Å². The van der Waals surface area contributed by atoms with Crippen molar-refractivity contribution in [2.45, 2.75) is 13.0 Å². The van der Waals surface area contributed by atoms with E-state index in [1.54, 1.807) is 7.11 Å². The quantitative estimate of drug-likeness (QED) is 0.847. The molecule has 1 saturated heterocycles. The first kappa shape index (κ1) is 16.5. The van der Waals surface area contributed by atoms with Crippen molar-refractivity contribution in [2.75, 3.05) is 33.3 Å². The summed E-state index contributed by atoms with van der Waals surface area (Å²) in [6.45, 7) is 4.44. The number of hydrogen-bond acceptors (Lipinski definition) is 3. The van der Waals surface area contributed by atoms with Gasteiger partial charge in [0.2, 0.25) is 5.91 Å². The summed E-state index contributed by atoms with van der Waals surface area (Å²) in [5, 5.41) is 0. The second-order valence-corrected chi connectivity index (χ2v) is 6.17. The van der Waals surface area contributed by atoms with E-state index in [2.05, 4.69) is 29.2 Å². The van der Waals surface area contributed by atoms with Gasteiger partial charge in [-0.15, -0.1) is 0 Å². The minimum absolute atomic E-state index is 0.208. The van der Waals surface area contributed by atoms with E-state index in [-0.39, 0.29) is 5.91 Å². The Labute approximate surface area is 143 Å². The van der Waals surface area contributed by atoms with Gasteiger partial charge in [0.15, 0.2) is 0 Å². The van der Waals surface area contributed by atoms with Crippen LogP contribution < -0.4 is 4.74 Å². The molecule has 0 aromatic heterocycles. The first-order chi connectivity index (χ1) is 11.7. The number of ether oxygens (including phenoxy) is 1. The van der Waals surface area contributed by atoms with Crippen molar-refractivity contribution in [1.82, 2.24) is 9.80 Å².